The summed E-state index contributed by atoms with van der Waals surface area (Å²) in [5.41, 5.74) is 12.4. The minimum atomic E-state index is -2.65. The molecule has 3 aromatic heterocycles. The Hall–Kier alpha value is -8.25. The van der Waals surface area contributed by atoms with Gasteiger partial charge in [0.2, 0.25) is 0 Å². The molecule has 3 heterocycles. The van der Waals surface area contributed by atoms with Gasteiger partial charge in [-0.3, -0.25) is 14.5 Å². The van der Waals surface area contributed by atoms with Gasteiger partial charge >= 0.3 is 0 Å². The quantitative estimate of drug-likeness (QED) is 0.107. The first-order valence-electron chi connectivity index (χ1n) is 22.2. The molecule has 8 aromatic carbocycles. The topological polar surface area (TPSA) is 43.6 Å². The molecule has 1 aliphatic rings. The standard InChI is InChI=1S/C60H42N4Si/c1-5-19-47(20-6-1)64-56-39-38-53-52-27-13-14-28-54(52)60(46-18-17-40-61-42-46,57(53)58(56)63-59(64)55-29-15-16-41-62-55)45-34-30-43(31-35-45)44-32-36-51(37-33-44)65(48-21-7-2-8-22-48,49-23-9-3-10-24-49)50-25-11-4-12-26-50/h1-42H. The van der Waals surface area contributed by atoms with Gasteiger partial charge in [0, 0.05) is 29.8 Å². The molecule has 0 bridgehead atoms. The predicted molar refractivity (Wildman–Crippen MR) is 268 cm³/mol. The van der Waals surface area contributed by atoms with Gasteiger partial charge in [-0.25, -0.2) is 4.98 Å². The van der Waals surface area contributed by atoms with Crippen molar-refractivity contribution in [3.63, 3.8) is 0 Å². The molecular formula is C60H42N4Si. The van der Waals surface area contributed by atoms with Crippen LogP contribution in [0.1, 0.15) is 22.3 Å². The van der Waals surface area contributed by atoms with Crippen LogP contribution in [0.5, 0.6) is 0 Å². The second-order valence-corrected chi connectivity index (χ2v) is 20.5. The number of rotatable bonds is 9. The number of pyridine rings is 2. The highest BCUT2D eigenvalue weighted by Gasteiger charge is 2.48. The van der Waals surface area contributed by atoms with Crippen molar-refractivity contribution in [2.75, 3.05) is 0 Å². The van der Waals surface area contributed by atoms with Crippen molar-refractivity contribution < 1.29 is 0 Å². The van der Waals surface area contributed by atoms with Gasteiger partial charge in [-0.1, -0.05) is 200 Å². The van der Waals surface area contributed by atoms with Gasteiger partial charge in [0.1, 0.15) is 5.69 Å². The van der Waals surface area contributed by atoms with Crippen LogP contribution in [0, 0.1) is 0 Å². The Bertz CT molecular complexity index is 3340. The van der Waals surface area contributed by atoms with E-state index in [-0.39, 0.29) is 0 Å². The number of fused-ring (bicyclic) bond motifs is 5. The van der Waals surface area contributed by atoms with Crippen LogP contribution in [0.3, 0.4) is 0 Å². The molecule has 12 rings (SSSR count). The summed E-state index contributed by atoms with van der Waals surface area (Å²) in [4.78, 5) is 15.2. The summed E-state index contributed by atoms with van der Waals surface area (Å²) in [6, 6.07) is 86.1. The van der Waals surface area contributed by atoms with E-state index in [1.807, 2.05) is 36.8 Å². The lowest BCUT2D eigenvalue weighted by atomic mass is 9.67. The molecule has 1 aliphatic carbocycles. The lowest BCUT2D eigenvalue weighted by molar-refractivity contribution is 0.768. The number of nitrogens with zero attached hydrogens (tertiary/aromatic N) is 4. The van der Waals surface area contributed by atoms with Crippen LogP contribution < -0.4 is 20.7 Å². The van der Waals surface area contributed by atoms with E-state index < -0.39 is 13.5 Å². The van der Waals surface area contributed by atoms with Crippen LogP contribution in [-0.2, 0) is 5.41 Å². The monoisotopic (exact) mass is 846 g/mol. The number of imidazole rings is 1. The fraction of sp³-hybridized carbons (Fsp3) is 0.0167. The zero-order valence-electron chi connectivity index (χ0n) is 35.5. The summed E-state index contributed by atoms with van der Waals surface area (Å²) in [5, 5.41) is 5.44. The average Bonchev–Trinajstić information content (AvgIpc) is 3.94. The summed E-state index contributed by atoms with van der Waals surface area (Å²) in [6.07, 6.45) is 5.74. The van der Waals surface area contributed by atoms with Gasteiger partial charge in [0.15, 0.2) is 13.9 Å². The van der Waals surface area contributed by atoms with Crippen molar-refractivity contribution in [3.8, 4) is 39.5 Å². The molecule has 0 saturated carbocycles. The van der Waals surface area contributed by atoms with Crippen LogP contribution in [0.2, 0.25) is 0 Å². The minimum Gasteiger partial charge on any atom is -0.291 e. The smallest absolute Gasteiger partial charge is 0.179 e. The Morgan fingerprint density at radius 1 is 0.415 bits per heavy atom. The van der Waals surface area contributed by atoms with E-state index >= 15 is 0 Å². The van der Waals surface area contributed by atoms with Crippen molar-refractivity contribution in [1.29, 1.82) is 0 Å². The summed E-state index contributed by atoms with van der Waals surface area (Å²) < 4.78 is 2.26. The summed E-state index contributed by atoms with van der Waals surface area (Å²) in [7, 11) is -2.65. The van der Waals surface area contributed by atoms with Gasteiger partial charge in [-0.2, -0.15) is 0 Å². The zero-order valence-corrected chi connectivity index (χ0v) is 36.5. The Morgan fingerprint density at radius 3 is 1.58 bits per heavy atom. The number of aromatic nitrogens is 4. The first kappa shape index (κ1) is 38.4. The summed E-state index contributed by atoms with van der Waals surface area (Å²) >= 11 is 0. The largest absolute Gasteiger partial charge is 0.291 e. The lowest BCUT2D eigenvalue weighted by Crippen LogP contribution is -2.74. The summed E-state index contributed by atoms with van der Waals surface area (Å²) in [6.45, 7) is 0. The number of hydrogen-bond acceptors (Lipinski definition) is 3. The molecule has 5 heteroatoms. The van der Waals surface area contributed by atoms with Crippen molar-refractivity contribution in [3.05, 3.63) is 277 Å². The van der Waals surface area contributed by atoms with Crippen molar-refractivity contribution in [1.82, 2.24) is 19.5 Å². The third-order valence-electron chi connectivity index (χ3n) is 13.4. The molecule has 4 nitrogen and oxygen atoms in total. The maximum atomic E-state index is 5.60. The van der Waals surface area contributed by atoms with E-state index in [4.69, 9.17) is 15.0 Å². The molecule has 1 unspecified atom stereocenters. The molecular weight excluding hydrogens is 805 g/mol. The van der Waals surface area contributed by atoms with Gasteiger partial charge < -0.3 is 0 Å². The molecule has 0 fully saturated rings. The van der Waals surface area contributed by atoms with E-state index in [0.29, 0.717) is 0 Å². The zero-order chi connectivity index (χ0) is 43.2. The normalized spacial score (nSPS) is 14.2. The molecule has 0 aliphatic heterocycles. The maximum Gasteiger partial charge on any atom is 0.179 e. The SMILES string of the molecule is c1ccc(-n2c(-c3ccccn3)nc3c4c(ccc32)-c2ccccc2C4(c2ccc(-c3ccc([Si](c4ccccc4)(c4ccccc4)c4ccccc4)cc3)cc2)c2cccnc2)cc1. The molecule has 0 N–H and O–H groups in total. The molecule has 0 amide bonds. The molecule has 0 radical (unpaired) electrons. The lowest BCUT2D eigenvalue weighted by Gasteiger charge is -2.34. The van der Waals surface area contributed by atoms with Crippen LogP contribution in [0.15, 0.2) is 255 Å². The first-order chi connectivity index (χ1) is 32.3. The van der Waals surface area contributed by atoms with Crippen LogP contribution >= 0.6 is 0 Å². The van der Waals surface area contributed by atoms with E-state index in [2.05, 4.69) is 223 Å². The van der Waals surface area contributed by atoms with Gasteiger partial charge in [-0.15, -0.1) is 0 Å². The average molecular weight is 847 g/mol. The Balaban J connectivity index is 1.04. The molecule has 0 saturated heterocycles. The third kappa shape index (κ3) is 6.01. The highest BCUT2D eigenvalue weighted by atomic mass is 28.3. The molecule has 11 aromatic rings. The van der Waals surface area contributed by atoms with Crippen LogP contribution in [0.4, 0.5) is 0 Å². The van der Waals surface area contributed by atoms with Gasteiger partial charge in [0.25, 0.3) is 0 Å². The molecule has 306 valence electrons. The predicted octanol–water partition coefficient (Wildman–Crippen LogP) is 10.9. The fourth-order valence-electron chi connectivity index (χ4n) is 10.7. The Morgan fingerprint density at radius 2 is 0.985 bits per heavy atom. The third-order valence-corrected chi connectivity index (χ3v) is 18.2. The second-order valence-electron chi connectivity index (χ2n) is 16.7. The maximum absolute atomic E-state index is 5.60. The van der Waals surface area contributed by atoms with E-state index in [0.717, 1.165) is 50.5 Å². The van der Waals surface area contributed by atoms with E-state index in [1.54, 1.807) is 0 Å². The second kappa shape index (κ2) is 15.8. The first-order valence-corrected chi connectivity index (χ1v) is 24.2. The van der Waals surface area contributed by atoms with Crippen LogP contribution in [0.25, 0.3) is 50.5 Å². The Labute approximate surface area is 379 Å². The van der Waals surface area contributed by atoms with Crippen LogP contribution in [-0.4, -0.2) is 27.6 Å². The number of benzene rings is 8. The highest BCUT2D eigenvalue weighted by Crippen LogP contribution is 2.58. The fourth-order valence-corrected chi connectivity index (χ4v) is 15.4. The van der Waals surface area contributed by atoms with Gasteiger partial charge in [-0.05, 0) is 96.1 Å². The molecule has 1 atom stereocenters. The molecule has 65 heavy (non-hydrogen) atoms. The van der Waals surface area contributed by atoms with Crippen molar-refractivity contribution >= 4 is 39.9 Å². The van der Waals surface area contributed by atoms with Gasteiger partial charge in [0.05, 0.1) is 16.4 Å². The van der Waals surface area contributed by atoms with Crippen molar-refractivity contribution in [2.24, 2.45) is 0 Å². The molecule has 0 spiro atoms. The number of hydrogen-bond donors (Lipinski definition) is 0. The van der Waals surface area contributed by atoms with Crippen molar-refractivity contribution in [2.45, 2.75) is 5.41 Å². The highest BCUT2D eigenvalue weighted by molar-refractivity contribution is 7.19. The van der Waals surface area contributed by atoms with E-state index in [9.17, 15) is 0 Å². The minimum absolute atomic E-state index is 0.717. The number of para-hydroxylation sites is 1. The van der Waals surface area contributed by atoms with E-state index in [1.165, 1.54) is 43.0 Å². The summed E-state index contributed by atoms with van der Waals surface area (Å²) in [5.74, 6) is 0.800. The Kier molecular flexibility index (Phi) is 9.36.